The van der Waals surface area contributed by atoms with Crippen LogP contribution in [0.5, 0.6) is 0 Å². The SMILES string of the molecule is C=CCO[C@@H]1O[C@H](C(=O)NCCNC(=O)c2nnn(CCCCC(=O)O)c2C(F)(F)F)[C@@H](O)[C@H](O)[C@@H]1O. The van der Waals surface area contributed by atoms with Crippen molar-refractivity contribution in [3.8, 4) is 0 Å². The van der Waals surface area contributed by atoms with Gasteiger partial charge in [-0.25, -0.2) is 4.68 Å². The molecule has 1 aromatic heterocycles. The first-order valence-electron chi connectivity index (χ1n) is 11.1. The van der Waals surface area contributed by atoms with Gasteiger partial charge in [-0.05, 0) is 12.8 Å². The van der Waals surface area contributed by atoms with E-state index in [1.165, 1.54) is 6.08 Å². The fourth-order valence-corrected chi connectivity index (χ4v) is 3.35. The van der Waals surface area contributed by atoms with E-state index in [1.807, 2.05) is 0 Å². The Morgan fingerprint density at radius 2 is 1.78 bits per heavy atom. The van der Waals surface area contributed by atoms with Gasteiger partial charge in [-0.3, -0.25) is 14.4 Å². The number of nitrogens with zero attached hydrogens (tertiary/aromatic N) is 3. The number of carboxylic acids is 1. The van der Waals surface area contributed by atoms with Crippen molar-refractivity contribution in [1.29, 1.82) is 0 Å². The zero-order chi connectivity index (χ0) is 27.8. The van der Waals surface area contributed by atoms with Gasteiger partial charge in [-0.1, -0.05) is 11.3 Å². The maximum atomic E-state index is 13.5. The van der Waals surface area contributed by atoms with E-state index in [2.05, 4.69) is 27.5 Å². The number of carbonyl (C=O) groups excluding carboxylic acids is 2. The lowest BCUT2D eigenvalue weighted by atomic mass is 9.98. The number of hydrogen-bond donors (Lipinski definition) is 6. The highest BCUT2D eigenvalue weighted by molar-refractivity contribution is 5.93. The number of halogens is 3. The Kier molecular flexibility index (Phi) is 10.9. The maximum absolute atomic E-state index is 13.5. The number of amides is 2. The topological polar surface area (TPSA) is 205 Å². The van der Waals surface area contributed by atoms with Crippen LogP contribution in [0.4, 0.5) is 13.2 Å². The van der Waals surface area contributed by atoms with Crippen molar-refractivity contribution in [3.05, 3.63) is 24.0 Å². The number of carboxylic acid groups (broad SMARTS) is 1. The van der Waals surface area contributed by atoms with Crippen molar-refractivity contribution in [2.45, 2.75) is 62.7 Å². The summed E-state index contributed by atoms with van der Waals surface area (Å²) in [5, 5.41) is 49.6. The van der Waals surface area contributed by atoms with E-state index < -0.39 is 66.1 Å². The lowest BCUT2D eigenvalue weighted by molar-refractivity contribution is -0.288. The Balaban J connectivity index is 1.92. The Morgan fingerprint density at radius 3 is 2.41 bits per heavy atom. The van der Waals surface area contributed by atoms with E-state index in [4.69, 9.17) is 14.6 Å². The van der Waals surface area contributed by atoms with Crippen LogP contribution in [-0.2, 0) is 31.8 Å². The number of ether oxygens (including phenoxy) is 2. The van der Waals surface area contributed by atoms with Crippen molar-refractivity contribution in [1.82, 2.24) is 25.6 Å². The molecule has 2 amide bonds. The molecule has 0 unspecified atom stereocenters. The van der Waals surface area contributed by atoms with Crippen molar-refractivity contribution < 1.29 is 57.5 Å². The minimum absolute atomic E-state index is 0.0616. The highest BCUT2D eigenvalue weighted by Crippen LogP contribution is 2.31. The number of carbonyl (C=O) groups is 3. The fourth-order valence-electron chi connectivity index (χ4n) is 3.35. The second kappa shape index (κ2) is 13.4. The van der Waals surface area contributed by atoms with E-state index in [-0.39, 0.29) is 45.5 Å². The van der Waals surface area contributed by atoms with Crippen LogP contribution in [0.1, 0.15) is 35.4 Å². The zero-order valence-electron chi connectivity index (χ0n) is 19.4. The predicted molar refractivity (Wildman–Crippen MR) is 115 cm³/mol. The third-order valence-corrected chi connectivity index (χ3v) is 5.15. The molecule has 6 N–H and O–H groups in total. The van der Waals surface area contributed by atoms with Crippen LogP contribution in [0.2, 0.25) is 0 Å². The summed E-state index contributed by atoms with van der Waals surface area (Å²) in [7, 11) is 0. The molecule has 1 aromatic rings. The third-order valence-electron chi connectivity index (χ3n) is 5.15. The average molecular weight is 539 g/mol. The summed E-state index contributed by atoms with van der Waals surface area (Å²) in [4.78, 5) is 35.2. The summed E-state index contributed by atoms with van der Waals surface area (Å²) >= 11 is 0. The van der Waals surface area contributed by atoms with Gasteiger partial charge in [0.1, 0.15) is 18.3 Å². The molecule has 2 heterocycles. The molecule has 37 heavy (non-hydrogen) atoms. The second-order valence-corrected chi connectivity index (χ2v) is 7.92. The van der Waals surface area contributed by atoms with Gasteiger partial charge in [0.05, 0.1) is 6.61 Å². The molecule has 17 heteroatoms. The Bertz CT molecular complexity index is 958. The lowest BCUT2D eigenvalue weighted by Crippen LogP contribution is -2.62. The van der Waals surface area contributed by atoms with E-state index in [1.54, 1.807) is 0 Å². The fraction of sp³-hybridized carbons (Fsp3) is 0.650. The van der Waals surface area contributed by atoms with Crippen LogP contribution in [-0.4, -0.2) is 104 Å². The first kappa shape index (κ1) is 30.1. The van der Waals surface area contributed by atoms with Gasteiger partial charge in [0.2, 0.25) is 0 Å². The quantitative estimate of drug-likeness (QED) is 0.124. The first-order chi connectivity index (χ1) is 17.4. The monoisotopic (exact) mass is 539 g/mol. The molecular formula is C20H28F3N5O9. The summed E-state index contributed by atoms with van der Waals surface area (Å²) < 4.78 is 51.3. The molecule has 0 bridgehead atoms. The Morgan fingerprint density at radius 1 is 1.11 bits per heavy atom. The Hall–Kier alpha value is -3.12. The molecule has 2 rings (SSSR count). The number of aromatic nitrogens is 3. The molecule has 1 saturated heterocycles. The molecule has 0 aromatic carbocycles. The number of aliphatic hydroxyl groups is 3. The van der Waals surface area contributed by atoms with Gasteiger partial charge >= 0.3 is 12.1 Å². The average Bonchev–Trinajstić information content (AvgIpc) is 3.27. The standard InChI is InChI=1S/C20H28F3N5O9/c1-2-9-36-19-14(33)12(31)13(32)15(37-19)18(35)25-7-6-24-17(34)11-16(20(21,22)23)28(27-26-11)8-4-3-5-10(29)30/h2,12-15,19,31-33H,1,3-9H2,(H,24,34)(H,25,35)(H,29,30)/t12-,13-,14-,15-,19+/m0/s1. The zero-order valence-corrected chi connectivity index (χ0v) is 19.4. The molecule has 1 aliphatic rings. The van der Waals surface area contributed by atoms with Crippen LogP contribution >= 0.6 is 0 Å². The molecule has 0 spiro atoms. The third kappa shape index (κ3) is 8.19. The van der Waals surface area contributed by atoms with Gasteiger partial charge in [-0.2, -0.15) is 13.2 Å². The highest BCUT2D eigenvalue weighted by atomic mass is 19.4. The van der Waals surface area contributed by atoms with E-state index in [0.29, 0.717) is 4.68 Å². The van der Waals surface area contributed by atoms with Gasteiger partial charge in [0.15, 0.2) is 23.8 Å². The van der Waals surface area contributed by atoms with Crippen LogP contribution in [0.15, 0.2) is 12.7 Å². The molecule has 1 aliphatic heterocycles. The van der Waals surface area contributed by atoms with Gasteiger partial charge < -0.3 is 40.5 Å². The normalized spacial score (nSPS) is 23.9. The lowest BCUT2D eigenvalue weighted by Gasteiger charge is -2.39. The maximum Gasteiger partial charge on any atom is 0.435 e. The van der Waals surface area contributed by atoms with Crippen molar-refractivity contribution >= 4 is 17.8 Å². The Labute approximate surface area is 208 Å². The number of aliphatic hydroxyl groups excluding tert-OH is 3. The van der Waals surface area contributed by atoms with E-state index in [9.17, 15) is 42.9 Å². The number of rotatable bonds is 13. The number of aliphatic carboxylic acids is 1. The van der Waals surface area contributed by atoms with Crippen molar-refractivity contribution in [2.75, 3.05) is 19.7 Å². The van der Waals surface area contributed by atoms with Crippen LogP contribution < -0.4 is 10.6 Å². The second-order valence-electron chi connectivity index (χ2n) is 7.92. The number of alkyl halides is 3. The minimum Gasteiger partial charge on any atom is -0.481 e. The highest BCUT2D eigenvalue weighted by Gasteiger charge is 2.47. The summed E-state index contributed by atoms with van der Waals surface area (Å²) in [5.41, 5.74) is -2.40. The summed E-state index contributed by atoms with van der Waals surface area (Å²) in [5.74, 6) is -3.26. The largest absolute Gasteiger partial charge is 0.481 e. The van der Waals surface area contributed by atoms with Crippen LogP contribution in [0, 0.1) is 0 Å². The molecule has 1 fully saturated rings. The molecule has 0 saturated carbocycles. The number of unbranched alkanes of at least 4 members (excludes halogenated alkanes) is 1. The van der Waals surface area contributed by atoms with Crippen molar-refractivity contribution in [2.24, 2.45) is 0 Å². The predicted octanol–water partition coefficient (Wildman–Crippen LogP) is -1.59. The first-order valence-corrected chi connectivity index (χ1v) is 11.1. The van der Waals surface area contributed by atoms with E-state index >= 15 is 0 Å². The summed E-state index contributed by atoms with van der Waals surface area (Å²) in [6, 6.07) is 0. The number of aryl methyl sites for hydroxylation is 1. The van der Waals surface area contributed by atoms with Crippen molar-refractivity contribution in [3.63, 3.8) is 0 Å². The minimum atomic E-state index is -4.97. The van der Waals surface area contributed by atoms with E-state index in [0.717, 1.165) is 0 Å². The van der Waals surface area contributed by atoms with Crippen LogP contribution in [0.25, 0.3) is 0 Å². The smallest absolute Gasteiger partial charge is 0.435 e. The number of hydrogen-bond acceptors (Lipinski definition) is 10. The molecular weight excluding hydrogens is 511 g/mol. The van der Waals surface area contributed by atoms with Gasteiger partial charge in [0.25, 0.3) is 11.8 Å². The summed E-state index contributed by atoms with van der Waals surface area (Å²) in [6.07, 6.45) is -12.0. The molecule has 5 atom stereocenters. The molecule has 208 valence electrons. The molecule has 0 radical (unpaired) electrons. The molecule has 14 nitrogen and oxygen atoms in total. The molecule has 0 aliphatic carbocycles. The number of nitrogens with one attached hydrogen (secondary N) is 2. The van der Waals surface area contributed by atoms with Gasteiger partial charge in [0, 0.05) is 26.1 Å². The summed E-state index contributed by atoms with van der Waals surface area (Å²) in [6.45, 7) is 2.36. The van der Waals surface area contributed by atoms with Gasteiger partial charge in [-0.15, -0.1) is 11.7 Å². The van der Waals surface area contributed by atoms with Crippen LogP contribution in [0.3, 0.4) is 0 Å².